The van der Waals surface area contributed by atoms with Crippen molar-refractivity contribution in [3.8, 4) is 33.4 Å². The van der Waals surface area contributed by atoms with Crippen LogP contribution < -0.4 is 44.2 Å². The number of benzene rings is 8. The number of aryl methyl sites for hydroxylation is 1. The number of halogens is 5. The molecule has 0 unspecified atom stereocenters. The number of unbranched alkanes of at least 4 members (excludes halogenated alkanes) is 2. The zero-order valence-corrected chi connectivity index (χ0v) is 67.8. The smallest absolute Gasteiger partial charge is 0.337 e. The highest BCUT2D eigenvalue weighted by Gasteiger charge is 2.19. The number of H-pyrrole nitrogens is 5. The summed E-state index contributed by atoms with van der Waals surface area (Å²) in [5.74, 6) is -0.728. The maximum Gasteiger partial charge on any atom is 0.337 e. The first kappa shape index (κ1) is 87.3. The molecule has 8 aromatic carbocycles. The van der Waals surface area contributed by atoms with Gasteiger partial charge in [-0.05, 0) is 170 Å². The SMILES string of the molecule is CCCC[C@H](C)CNC(=O)c1c[nH]c2cc(-c3ccc(F)cc3)ccc12.CCCC[C@H](C)CNC(=O)c1c[nH]c2cc(Br)ccc12.Cc1ccc(-c2ccc3c(C(=O)NC[C@@H](N)CCCN)c[nH]c3c2)cc1.Cl.NCCC[C@H](N)CNC(=O)c1c[nH]c2cc(-c3ccc(F)cc3)ccc12.O=C(O)c1c[nH]c2cc(Br)ccc12. The van der Waals surface area contributed by atoms with Crippen molar-refractivity contribution in [3.63, 3.8) is 0 Å². The number of nitrogens with one attached hydrogen (secondary N) is 9. The molecular formula is C88H102Br2ClF2N13O6. The third kappa shape index (κ3) is 24.9. The first-order chi connectivity index (χ1) is 53.5. The van der Waals surface area contributed by atoms with E-state index in [0.717, 1.165) is 147 Å². The zero-order chi connectivity index (χ0) is 79.5. The topological polar surface area (TPSA) is 337 Å². The molecule has 0 aliphatic rings. The molecular weight excluding hydrogens is 1570 g/mol. The molecule has 0 radical (unpaired) electrons. The fourth-order valence-corrected chi connectivity index (χ4v) is 13.4. The van der Waals surface area contributed by atoms with E-state index in [9.17, 15) is 32.8 Å². The molecule has 0 saturated heterocycles. The van der Waals surface area contributed by atoms with Crippen LogP contribution in [0.4, 0.5) is 8.78 Å². The summed E-state index contributed by atoms with van der Waals surface area (Å²) in [7, 11) is 0. The normalized spacial score (nSPS) is 12.0. The third-order valence-electron chi connectivity index (χ3n) is 19.2. The van der Waals surface area contributed by atoms with Gasteiger partial charge in [0.2, 0.25) is 0 Å². The minimum absolute atomic E-state index is 0. The van der Waals surface area contributed by atoms with Gasteiger partial charge in [-0.2, -0.15) is 0 Å². The largest absolute Gasteiger partial charge is 0.478 e. The van der Waals surface area contributed by atoms with Gasteiger partial charge in [-0.15, -0.1) is 12.4 Å². The molecule has 0 saturated carbocycles. The second kappa shape index (κ2) is 43.5. The first-order valence-electron chi connectivity index (χ1n) is 37.8. The predicted octanol–water partition coefficient (Wildman–Crippen LogP) is 18.8. The van der Waals surface area contributed by atoms with Crippen LogP contribution in [0.1, 0.15) is 149 Å². The Hall–Kier alpha value is -10.2. The molecule has 0 aliphatic carbocycles. The molecule has 13 rings (SSSR count). The maximum absolute atomic E-state index is 13.1. The van der Waals surface area contributed by atoms with Crippen LogP contribution in [0, 0.1) is 30.4 Å². The van der Waals surface area contributed by atoms with Crippen LogP contribution in [0.15, 0.2) is 204 Å². The van der Waals surface area contributed by atoms with Gasteiger partial charge in [0.1, 0.15) is 11.6 Å². The van der Waals surface area contributed by atoms with Crippen LogP contribution in [-0.4, -0.2) is 111 Å². The Morgan fingerprint density at radius 3 is 0.982 bits per heavy atom. The van der Waals surface area contributed by atoms with Crippen molar-refractivity contribution in [2.75, 3.05) is 39.3 Å². The summed E-state index contributed by atoms with van der Waals surface area (Å²) in [6, 6.07) is 50.1. The molecule has 19 nitrogen and oxygen atoms in total. The third-order valence-corrected chi connectivity index (χ3v) is 20.2. The van der Waals surface area contributed by atoms with E-state index in [4.69, 9.17) is 28.0 Å². The predicted molar refractivity (Wildman–Crippen MR) is 461 cm³/mol. The van der Waals surface area contributed by atoms with Crippen molar-refractivity contribution in [1.82, 2.24) is 46.2 Å². The monoisotopic (exact) mass is 1670 g/mol. The van der Waals surface area contributed by atoms with E-state index in [-0.39, 0.29) is 59.8 Å². The van der Waals surface area contributed by atoms with Gasteiger partial charge in [-0.3, -0.25) is 19.2 Å². The lowest BCUT2D eigenvalue weighted by molar-refractivity contribution is 0.0697. The Morgan fingerprint density at radius 1 is 0.393 bits per heavy atom. The summed E-state index contributed by atoms with van der Waals surface area (Å²) < 4.78 is 28.1. The van der Waals surface area contributed by atoms with Gasteiger partial charge in [-0.25, -0.2) is 13.6 Å². The summed E-state index contributed by atoms with van der Waals surface area (Å²) in [6.07, 6.45) is 18.9. The number of rotatable bonds is 28. The molecule has 4 atom stereocenters. The number of aromatic nitrogens is 5. The fourth-order valence-electron chi connectivity index (χ4n) is 12.7. The number of amides is 4. The van der Waals surface area contributed by atoms with E-state index >= 15 is 0 Å². The number of nitrogens with two attached hydrogens (primary N) is 4. The highest BCUT2D eigenvalue weighted by molar-refractivity contribution is 9.10. The van der Waals surface area contributed by atoms with Crippen LogP contribution in [0.25, 0.3) is 87.9 Å². The van der Waals surface area contributed by atoms with Gasteiger partial charge in [0.05, 0.1) is 27.8 Å². The molecule has 24 heteroatoms. The molecule has 4 amide bonds. The Balaban J connectivity index is 0.000000178. The molecule has 5 heterocycles. The Kier molecular flexibility index (Phi) is 34.0. The summed E-state index contributed by atoms with van der Waals surface area (Å²) >= 11 is 6.74. The van der Waals surface area contributed by atoms with Gasteiger partial charge in [0.25, 0.3) is 23.6 Å². The average Bonchev–Trinajstić information content (AvgIpc) is 1.44. The molecule has 5 aromatic heterocycles. The van der Waals surface area contributed by atoms with E-state index in [2.05, 4.69) is 143 Å². The summed E-state index contributed by atoms with van der Waals surface area (Å²) in [5.41, 5.74) is 37.6. The summed E-state index contributed by atoms with van der Waals surface area (Å²) in [4.78, 5) is 76.0. The van der Waals surface area contributed by atoms with Gasteiger partial charge in [0.15, 0.2) is 0 Å². The van der Waals surface area contributed by atoms with Crippen LogP contribution in [0.2, 0.25) is 0 Å². The molecule has 13 aromatic rings. The standard InChI is InChI=1S/C22H25FN2O.C21H26N4O.C20H23FN4O.C16H21BrN2O.C9H6BrNO2.ClH/c1-3-4-5-15(2)13-25-22(26)20-14-24-21-12-17(8-11-19(20)21)16-6-9-18(23)10-7-16;1-14-4-6-15(7-5-14)16-8-9-18-19(13-24-20(18)11-16)21(26)25-12-17(23)3-2-10-22;21-15-6-3-13(4-7-15)14-5-8-17-18(12-24-19(17)10-14)20(26)25-11-16(23)2-1-9-22;1-3-4-5-11(2)9-19-16(20)14-10-18-15-8-12(17)6-7-13(14)15;10-5-1-2-6-7(9(12)13)4-11-8(6)3-5;/h6-12,14-15,24H,3-5,13H2,1-2H3,(H,25,26);4-9,11,13,17,24H,2-3,10,12,22-23H2,1H3,(H,25,26);3-8,10,12,16,24H,1-2,9,11,22-23H2,(H,25,26);6-8,10-11,18H,3-5,9H2,1-2H3,(H,19,20);1-4,11H,(H,12,13);1H/t15-;17-;16-;11-;;/m0000../s1. The number of carboxylic acid groups (broad SMARTS) is 1. The number of fused-ring (bicyclic) bond motifs is 5. The quantitative estimate of drug-likeness (QED) is 0.0220. The van der Waals surface area contributed by atoms with Crippen molar-refractivity contribution in [1.29, 1.82) is 0 Å². The molecule has 18 N–H and O–H groups in total. The van der Waals surface area contributed by atoms with Crippen molar-refractivity contribution in [3.05, 3.63) is 249 Å². The molecule has 0 spiro atoms. The number of aromatic carboxylic acids is 1. The van der Waals surface area contributed by atoms with Gasteiger partial charge in [0, 0.05) is 133 Å². The van der Waals surface area contributed by atoms with Gasteiger partial charge >= 0.3 is 5.97 Å². The molecule has 0 aliphatic heterocycles. The summed E-state index contributed by atoms with van der Waals surface area (Å²) in [6.45, 7) is 14.3. The van der Waals surface area contributed by atoms with E-state index in [0.29, 0.717) is 66.8 Å². The van der Waals surface area contributed by atoms with Crippen molar-refractivity contribution in [2.24, 2.45) is 34.8 Å². The number of aromatic amines is 5. The minimum atomic E-state index is -0.909. The van der Waals surface area contributed by atoms with Gasteiger partial charge < -0.3 is 74.2 Å². The van der Waals surface area contributed by atoms with Crippen molar-refractivity contribution in [2.45, 2.75) is 111 Å². The van der Waals surface area contributed by atoms with E-state index in [1.54, 1.807) is 55.1 Å². The van der Waals surface area contributed by atoms with E-state index in [1.807, 2.05) is 78.9 Å². The van der Waals surface area contributed by atoms with Crippen molar-refractivity contribution < 1.29 is 37.9 Å². The average molecular weight is 1670 g/mol. The zero-order valence-electron chi connectivity index (χ0n) is 63.8. The molecule has 112 heavy (non-hydrogen) atoms. The highest BCUT2D eigenvalue weighted by atomic mass is 79.9. The van der Waals surface area contributed by atoms with Crippen LogP contribution in [-0.2, 0) is 0 Å². The lowest BCUT2D eigenvalue weighted by Gasteiger charge is -2.12. The summed E-state index contributed by atoms with van der Waals surface area (Å²) in [5, 5.41) is 25.0. The van der Waals surface area contributed by atoms with Crippen LogP contribution in [0.3, 0.4) is 0 Å². The molecule has 0 bridgehead atoms. The van der Waals surface area contributed by atoms with E-state index < -0.39 is 5.97 Å². The van der Waals surface area contributed by atoms with Gasteiger partial charge in [-0.1, -0.05) is 188 Å². The number of carbonyl (C=O) groups is 5. The number of carbonyl (C=O) groups excluding carboxylic acids is 4. The number of hydrogen-bond acceptors (Lipinski definition) is 9. The fraction of sp³-hybridized carbons (Fsp3) is 0.284. The van der Waals surface area contributed by atoms with E-state index in [1.165, 1.54) is 61.7 Å². The van der Waals surface area contributed by atoms with Crippen molar-refractivity contribution >= 4 is 128 Å². The Bertz CT molecular complexity index is 4860. The van der Waals surface area contributed by atoms with Crippen LogP contribution >= 0.6 is 44.3 Å². The minimum Gasteiger partial charge on any atom is -0.478 e. The Morgan fingerprint density at radius 2 is 0.670 bits per heavy atom. The second-order valence-corrected chi connectivity index (χ2v) is 29.9. The second-order valence-electron chi connectivity index (χ2n) is 28.1. The maximum atomic E-state index is 13.1. The first-order valence-corrected chi connectivity index (χ1v) is 39.4. The number of carboxylic acids is 1. The highest BCUT2D eigenvalue weighted by Crippen LogP contribution is 2.31. The Labute approximate surface area is 675 Å². The lowest BCUT2D eigenvalue weighted by Crippen LogP contribution is -2.37. The number of hydrogen-bond donors (Lipinski definition) is 14. The van der Waals surface area contributed by atoms with Crippen LogP contribution in [0.5, 0.6) is 0 Å². The molecule has 0 fully saturated rings. The lowest BCUT2D eigenvalue weighted by atomic mass is 10.0. The molecule has 590 valence electrons.